The fourth-order valence-electron chi connectivity index (χ4n) is 3.16. The van der Waals surface area contributed by atoms with Crippen LogP contribution in [0, 0.1) is 0 Å². The smallest absolute Gasteiger partial charge is 0.183 e. The van der Waals surface area contributed by atoms with E-state index in [1.807, 2.05) is 47.1 Å². The summed E-state index contributed by atoms with van der Waals surface area (Å²) in [6, 6.07) is 15.7. The van der Waals surface area contributed by atoms with Gasteiger partial charge in [0.05, 0.1) is 12.6 Å². The SMILES string of the molecule is COc1cccc(OCn2nc3ccccc3c2NC2=C(C)CNC(C)=C2)c1. The van der Waals surface area contributed by atoms with Crippen molar-refractivity contribution in [2.24, 2.45) is 0 Å². The highest BCUT2D eigenvalue weighted by Gasteiger charge is 2.15. The Morgan fingerprint density at radius 1 is 1.11 bits per heavy atom. The van der Waals surface area contributed by atoms with Gasteiger partial charge in [0, 0.05) is 29.4 Å². The summed E-state index contributed by atoms with van der Waals surface area (Å²) in [7, 11) is 1.64. The summed E-state index contributed by atoms with van der Waals surface area (Å²) in [5.41, 5.74) is 4.39. The topological polar surface area (TPSA) is 60.3 Å². The molecule has 2 heterocycles. The zero-order chi connectivity index (χ0) is 19.5. The van der Waals surface area contributed by atoms with Crippen molar-refractivity contribution in [2.75, 3.05) is 19.0 Å². The number of fused-ring (bicyclic) bond motifs is 1. The largest absolute Gasteiger partial charge is 0.497 e. The fraction of sp³-hybridized carbons (Fsp3) is 0.227. The van der Waals surface area contributed by atoms with Gasteiger partial charge >= 0.3 is 0 Å². The molecule has 1 aromatic heterocycles. The number of rotatable bonds is 6. The molecule has 1 aliphatic heterocycles. The van der Waals surface area contributed by atoms with E-state index in [9.17, 15) is 0 Å². The van der Waals surface area contributed by atoms with E-state index in [0.717, 1.165) is 46.2 Å². The maximum atomic E-state index is 5.98. The molecule has 2 aromatic carbocycles. The summed E-state index contributed by atoms with van der Waals surface area (Å²) >= 11 is 0. The van der Waals surface area contributed by atoms with Gasteiger partial charge in [-0.3, -0.25) is 0 Å². The quantitative estimate of drug-likeness (QED) is 0.673. The molecule has 0 aliphatic carbocycles. The van der Waals surface area contributed by atoms with Crippen LogP contribution in [0.25, 0.3) is 10.9 Å². The Morgan fingerprint density at radius 2 is 1.93 bits per heavy atom. The second-order valence-corrected chi connectivity index (χ2v) is 6.82. The summed E-state index contributed by atoms with van der Waals surface area (Å²) in [6.45, 7) is 5.30. The molecule has 0 atom stereocenters. The molecule has 0 saturated carbocycles. The number of allylic oxidation sites excluding steroid dienone is 2. The minimum Gasteiger partial charge on any atom is -0.497 e. The van der Waals surface area contributed by atoms with Gasteiger partial charge in [-0.25, -0.2) is 4.68 Å². The molecule has 0 unspecified atom stereocenters. The third kappa shape index (κ3) is 3.67. The van der Waals surface area contributed by atoms with E-state index in [0.29, 0.717) is 0 Å². The molecule has 4 rings (SSSR count). The first-order chi connectivity index (χ1) is 13.6. The van der Waals surface area contributed by atoms with E-state index in [1.165, 1.54) is 5.57 Å². The lowest BCUT2D eigenvalue weighted by atomic mass is 10.1. The van der Waals surface area contributed by atoms with Gasteiger partial charge in [0.1, 0.15) is 17.3 Å². The second-order valence-electron chi connectivity index (χ2n) is 6.82. The molecule has 0 radical (unpaired) electrons. The van der Waals surface area contributed by atoms with Crippen LogP contribution in [0.15, 0.2) is 71.6 Å². The van der Waals surface area contributed by atoms with Crippen molar-refractivity contribution in [3.8, 4) is 11.5 Å². The number of benzene rings is 2. The van der Waals surface area contributed by atoms with Crippen LogP contribution in [0.3, 0.4) is 0 Å². The van der Waals surface area contributed by atoms with Gasteiger partial charge < -0.3 is 20.1 Å². The van der Waals surface area contributed by atoms with E-state index in [1.54, 1.807) is 7.11 Å². The van der Waals surface area contributed by atoms with Crippen LogP contribution in [-0.4, -0.2) is 23.4 Å². The number of methoxy groups -OCH3 is 1. The Kier molecular flexibility index (Phi) is 4.93. The number of hydrogen-bond donors (Lipinski definition) is 2. The van der Waals surface area contributed by atoms with Crippen molar-refractivity contribution in [1.82, 2.24) is 15.1 Å². The Balaban J connectivity index is 1.65. The van der Waals surface area contributed by atoms with Gasteiger partial charge in [-0.15, -0.1) is 0 Å². The molecule has 3 aromatic rings. The predicted octanol–water partition coefficient (Wildman–Crippen LogP) is 4.27. The Hall–Kier alpha value is -3.41. The molecule has 0 bridgehead atoms. The van der Waals surface area contributed by atoms with Crippen molar-refractivity contribution < 1.29 is 9.47 Å². The first-order valence-corrected chi connectivity index (χ1v) is 9.25. The molecule has 28 heavy (non-hydrogen) atoms. The van der Waals surface area contributed by atoms with E-state index in [2.05, 4.69) is 36.6 Å². The number of ether oxygens (including phenoxy) is 2. The molecular formula is C22H24N4O2. The molecule has 6 heteroatoms. The number of dihydropyridines is 1. The molecule has 0 spiro atoms. The van der Waals surface area contributed by atoms with Crippen LogP contribution >= 0.6 is 0 Å². The van der Waals surface area contributed by atoms with E-state index >= 15 is 0 Å². The molecule has 0 saturated heterocycles. The van der Waals surface area contributed by atoms with Crippen molar-refractivity contribution in [2.45, 2.75) is 20.6 Å². The highest BCUT2D eigenvalue weighted by atomic mass is 16.5. The zero-order valence-electron chi connectivity index (χ0n) is 16.3. The van der Waals surface area contributed by atoms with E-state index in [4.69, 9.17) is 14.6 Å². The molecule has 6 nitrogen and oxygen atoms in total. The van der Waals surface area contributed by atoms with Gasteiger partial charge in [0.2, 0.25) is 0 Å². The van der Waals surface area contributed by atoms with Gasteiger partial charge in [0.15, 0.2) is 6.73 Å². The Labute approximate surface area is 164 Å². The summed E-state index contributed by atoms with van der Waals surface area (Å²) in [4.78, 5) is 0. The lowest BCUT2D eigenvalue weighted by Crippen LogP contribution is -2.22. The van der Waals surface area contributed by atoms with E-state index < -0.39 is 0 Å². The Bertz CT molecular complexity index is 1070. The van der Waals surface area contributed by atoms with Crippen LogP contribution < -0.4 is 20.1 Å². The average molecular weight is 376 g/mol. The van der Waals surface area contributed by atoms with Crippen LogP contribution in [0.2, 0.25) is 0 Å². The maximum absolute atomic E-state index is 5.98. The molecule has 1 aliphatic rings. The van der Waals surface area contributed by atoms with Gasteiger partial charge in [0.25, 0.3) is 0 Å². The monoisotopic (exact) mass is 376 g/mol. The molecule has 2 N–H and O–H groups in total. The van der Waals surface area contributed by atoms with Crippen molar-refractivity contribution in [3.05, 3.63) is 71.6 Å². The predicted molar refractivity (Wildman–Crippen MR) is 111 cm³/mol. The third-order valence-corrected chi connectivity index (χ3v) is 4.75. The standard InChI is InChI=1S/C22H24N4O2/c1-15-13-23-16(2)11-21(15)24-22-19-9-4-5-10-20(19)25-26(22)14-28-18-8-6-7-17(12-18)27-3/h4-12,23-24H,13-14H2,1-3H3. The first kappa shape index (κ1) is 18.0. The molecule has 0 amide bonds. The van der Waals surface area contributed by atoms with E-state index in [-0.39, 0.29) is 6.73 Å². The lowest BCUT2D eigenvalue weighted by Gasteiger charge is -2.20. The molecular weight excluding hydrogens is 352 g/mol. The highest BCUT2D eigenvalue weighted by molar-refractivity contribution is 5.91. The van der Waals surface area contributed by atoms with Crippen LogP contribution in [0.1, 0.15) is 13.8 Å². The number of hydrogen-bond acceptors (Lipinski definition) is 5. The second kappa shape index (κ2) is 7.68. The summed E-state index contributed by atoms with van der Waals surface area (Å²) in [6.07, 6.45) is 2.12. The van der Waals surface area contributed by atoms with Crippen LogP contribution in [0.5, 0.6) is 11.5 Å². The number of aromatic nitrogens is 2. The zero-order valence-corrected chi connectivity index (χ0v) is 16.3. The lowest BCUT2D eigenvalue weighted by molar-refractivity contribution is 0.223. The minimum absolute atomic E-state index is 0.289. The van der Waals surface area contributed by atoms with Gasteiger partial charge in [-0.05, 0) is 49.8 Å². The fourth-order valence-corrected chi connectivity index (χ4v) is 3.16. The highest BCUT2D eigenvalue weighted by Crippen LogP contribution is 2.27. The van der Waals surface area contributed by atoms with Gasteiger partial charge in [-0.1, -0.05) is 18.2 Å². The summed E-state index contributed by atoms with van der Waals surface area (Å²) in [5, 5.41) is 12.7. The van der Waals surface area contributed by atoms with Crippen molar-refractivity contribution >= 4 is 16.7 Å². The number of nitrogens with one attached hydrogen (secondary N) is 2. The summed E-state index contributed by atoms with van der Waals surface area (Å²) in [5.74, 6) is 2.41. The van der Waals surface area contributed by atoms with Crippen molar-refractivity contribution in [1.29, 1.82) is 0 Å². The van der Waals surface area contributed by atoms with Crippen LogP contribution in [0.4, 0.5) is 5.82 Å². The van der Waals surface area contributed by atoms with Crippen molar-refractivity contribution in [3.63, 3.8) is 0 Å². The average Bonchev–Trinajstić information content (AvgIpc) is 3.07. The first-order valence-electron chi connectivity index (χ1n) is 9.25. The maximum Gasteiger partial charge on any atom is 0.183 e. The molecule has 144 valence electrons. The minimum atomic E-state index is 0.289. The van der Waals surface area contributed by atoms with Gasteiger partial charge in [-0.2, -0.15) is 5.10 Å². The Morgan fingerprint density at radius 3 is 2.79 bits per heavy atom. The molecule has 0 fully saturated rings. The number of nitrogens with zero attached hydrogens (tertiary/aromatic N) is 2. The number of anilines is 1. The summed E-state index contributed by atoms with van der Waals surface area (Å²) < 4.78 is 13.1. The normalized spacial score (nSPS) is 13.9. The third-order valence-electron chi connectivity index (χ3n) is 4.75. The van der Waals surface area contributed by atoms with Crippen LogP contribution in [-0.2, 0) is 6.73 Å².